The van der Waals surface area contributed by atoms with Crippen LogP contribution in [0.2, 0.25) is 0 Å². The SMILES string of the molecule is COc1ccccc1OCc1csc(NC(=O)c2cc(=O)c3ccccc3o2)n1. The van der Waals surface area contributed by atoms with Crippen LogP contribution in [0, 0.1) is 0 Å². The lowest BCUT2D eigenvalue weighted by molar-refractivity contribution is 0.0997. The number of carbonyl (C=O) groups excluding carboxylic acids is 1. The Kier molecular flexibility index (Phi) is 5.26. The number of fused-ring (bicyclic) bond motifs is 1. The Bertz CT molecular complexity index is 1230. The van der Waals surface area contributed by atoms with Crippen LogP contribution in [0.3, 0.4) is 0 Å². The van der Waals surface area contributed by atoms with Crippen molar-refractivity contribution in [3.63, 3.8) is 0 Å². The summed E-state index contributed by atoms with van der Waals surface area (Å²) in [6.45, 7) is 0.220. The summed E-state index contributed by atoms with van der Waals surface area (Å²) in [6, 6.07) is 15.3. The lowest BCUT2D eigenvalue weighted by atomic mass is 10.2. The van der Waals surface area contributed by atoms with Gasteiger partial charge in [0, 0.05) is 11.4 Å². The van der Waals surface area contributed by atoms with Crippen LogP contribution in [0.4, 0.5) is 5.13 Å². The second-order valence-electron chi connectivity index (χ2n) is 6.01. The van der Waals surface area contributed by atoms with Gasteiger partial charge >= 0.3 is 0 Å². The molecule has 0 radical (unpaired) electrons. The molecule has 1 N–H and O–H groups in total. The maximum Gasteiger partial charge on any atom is 0.293 e. The van der Waals surface area contributed by atoms with Crippen LogP contribution in [0.25, 0.3) is 11.0 Å². The van der Waals surface area contributed by atoms with Gasteiger partial charge in [-0.1, -0.05) is 24.3 Å². The van der Waals surface area contributed by atoms with Gasteiger partial charge < -0.3 is 13.9 Å². The number of thiazole rings is 1. The van der Waals surface area contributed by atoms with Gasteiger partial charge in [0.2, 0.25) is 0 Å². The number of hydrogen-bond acceptors (Lipinski definition) is 7. The van der Waals surface area contributed by atoms with Crippen LogP contribution in [-0.4, -0.2) is 18.0 Å². The van der Waals surface area contributed by atoms with Crippen LogP contribution in [0.5, 0.6) is 11.5 Å². The minimum Gasteiger partial charge on any atom is -0.493 e. The van der Waals surface area contributed by atoms with Crippen molar-refractivity contribution < 1.29 is 18.7 Å². The Hall–Kier alpha value is -3.65. The van der Waals surface area contributed by atoms with Crippen molar-refractivity contribution in [3.8, 4) is 11.5 Å². The number of hydrogen-bond donors (Lipinski definition) is 1. The van der Waals surface area contributed by atoms with Gasteiger partial charge in [0.25, 0.3) is 5.91 Å². The molecule has 2 aromatic heterocycles. The number of carbonyl (C=O) groups is 1. The fourth-order valence-electron chi connectivity index (χ4n) is 2.69. The van der Waals surface area contributed by atoms with Gasteiger partial charge in [-0.15, -0.1) is 11.3 Å². The first kappa shape index (κ1) is 18.7. The van der Waals surface area contributed by atoms with Crippen molar-refractivity contribution in [2.24, 2.45) is 0 Å². The summed E-state index contributed by atoms with van der Waals surface area (Å²) in [5.41, 5.74) is 0.730. The second-order valence-corrected chi connectivity index (χ2v) is 6.87. The molecule has 2 heterocycles. The molecule has 0 spiro atoms. The van der Waals surface area contributed by atoms with E-state index in [0.29, 0.717) is 33.3 Å². The maximum atomic E-state index is 12.5. The van der Waals surface area contributed by atoms with Crippen molar-refractivity contribution in [3.05, 3.63) is 81.7 Å². The highest BCUT2D eigenvalue weighted by Gasteiger charge is 2.14. The van der Waals surface area contributed by atoms with Crippen LogP contribution in [-0.2, 0) is 6.61 Å². The third kappa shape index (κ3) is 4.12. The Morgan fingerprint density at radius 2 is 1.90 bits per heavy atom. The minimum atomic E-state index is -0.542. The third-order valence-corrected chi connectivity index (χ3v) is 4.88. The Labute approximate surface area is 169 Å². The summed E-state index contributed by atoms with van der Waals surface area (Å²) in [4.78, 5) is 28.9. The minimum absolute atomic E-state index is 0.0734. The number of amides is 1. The first-order valence-electron chi connectivity index (χ1n) is 8.68. The molecule has 0 bridgehead atoms. The standard InChI is InChI=1S/C21H16N2O5S/c1-26-17-8-4-5-9-18(17)27-11-13-12-29-21(22-13)23-20(25)19-10-15(24)14-6-2-3-7-16(14)28-19/h2-10,12H,11H2,1H3,(H,22,23,25). The molecule has 0 aliphatic heterocycles. The predicted octanol–water partition coefficient (Wildman–Crippen LogP) is 4.09. The summed E-state index contributed by atoms with van der Waals surface area (Å²) >= 11 is 1.25. The zero-order chi connectivity index (χ0) is 20.2. The van der Waals surface area contributed by atoms with Crippen molar-refractivity contribution in [2.45, 2.75) is 6.61 Å². The molecular formula is C21H16N2O5S. The van der Waals surface area contributed by atoms with E-state index >= 15 is 0 Å². The van der Waals surface area contributed by atoms with Gasteiger partial charge in [-0.3, -0.25) is 14.9 Å². The summed E-state index contributed by atoms with van der Waals surface area (Å²) in [5, 5.41) is 5.23. The average molecular weight is 408 g/mol. The number of rotatable bonds is 6. The fraction of sp³-hybridized carbons (Fsp3) is 0.0952. The fourth-order valence-corrected chi connectivity index (χ4v) is 3.38. The van der Waals surface area contributed by atoms with Gasteiger partial charge in [0.1, 0.15) is 12.2 Å². The molecule has 0 aliphatic carbocycles. The van der Waals surface area contributed by atoms with Crippen LogP contribution >= 0.6 is 11.3 Å². The monoisotopic (exact) mass is 408 g/mol. The van der Waals surface area contributed by atoms with Gasteiger partial charge in [-0.2, -0.15) is 0 Å². The van der Waals surface area contributed by atoms with Crippen molar-refractivity contribution in [1.29, 1.82) is 0 Å². The zero-order valence-electron chi connectivity index (χ0n) is 15.4. The molecule has 0 fully saturated rings. The van der Waals surface area contributed by atoms with Crippen LogP contribution in [0.15, 0.2) is 69.2 Å². The third-order valence-electron chi connectivity index (χ3n) is 4.08. The number of nitrogens with one attached hydrogen (secondary N) is 1. The summed E-state index contributed by atoms with van der Waals surface area (Å²) in [7, 11) is 1.57. The van der Waals surface area contributed by atoms with E-state index in [9.17, 15) is 9.59 Å². The van der Waals surface area contributed by atoms with Crippen molar-refractivity contribution in [2.75, 3.05) is 12.4 Å². The highest BCUT2D eigenvalue weighted by Crippen LogP contribution is 2.27. The normalized spacial score (nSPS) is 10.7. The molecule has 4 rings (SSSR count). The smallest absolute Gasteiger partial charge is 0.293 e. The predicted molar refractivity (Wildman–Crippen MR) is 110 cm³/mol. The number of ether oxygens (including phenoxy) is 2. The molecule has 0 atom stereocenters. The molecular weight excluding hydrogens is 392 g/mol. The van der Waals surface area contributed by atoms with Crippen LogP contribution < -0.4 is 20.2 Å². The van der Waals surface area contributed by atoms with Crippen molar-refractivity contribution in [1.82, 2.24) is 4.98 Å². The molecule has 8 heteroatoms. The lowest BCUT2D eigenvalue weighted by Gasteiger charge is -2.08. The highest BCUT2D eigenvalue weighted by atomic mass is 32.1. The Balaban J connectivity index is 1.45. The summed E-state index contributed by atoms with van der Waals surface area (Å²) < 4.78 is 16.5. The second kappa shape index (κ2) is 8.15. The Morgan fingerprint density at radius 3 is 2.72 bits per heavy atom. The molecule has 0 unspecified atom stereocenters. The maximum absolute atomic E-state index is 12.5. The van der Waals surface area contributed by atoms with Gasteiger partial charge in [0.15, 0.2) is 27.8 Å². The lowest BCUT2D eigenvalue weighted by Crippen LogP contribution is -2.15. The number of para-hydroxylation sites is 3. The van der Waals surface area contributed by atoms with E-state index in [4.69, 9.17) is 13.9 Å². The van der Waals surface area contributed by atoms with Crippen LogP contribution in [0.1, 0.15) is 16.2 Å². The molecule has 0 saturated heterocycles. The molecule has 2 aromatic carbocycles. The topological polar surface area (TPSA) is 90.7 Å². The first-order valence-corrected chi connectivity index (χ1v) is 9.56. The zero-order valence-corrected chi connectivity index (χ0v) is 16.2. The molecule has 7 nitrogen and oxygen atoms in total. The number of benzene rings is 2. The molecule has 4 aromatic rings. The number of nitrogens with zero attached hydrogens (tertiary/aromatic N) is 1. The van der Waals surface area contributed by atoms with E-state index in [2.05, 4.69) is 10.3 Å². The number of aromatic nitrogens is 1. The van der Waals surface area contributed by atoms with E-state index in [1.165, 1.54) is 17.4 Å². The number of methoxy groups -OCH3 is 1. The summed E-state index contributed by atoms with van der Waals surface area (Å²) in [6.07, 6.45) is 0. The largest absolute Gasteiger partial charge is 0.493 e. The van der Waals surface area contributed by atoms with E-state index < -0.39 is 5.91 Å². The first-order chi connectivity index (χ1) is 14.1. The summed E-state index contributed by atoms with van der Waals surface area (Å²) in [5.74, 6) is 0.615. The Morgan fingerprint density at radius 1 is 1.14 bits per heavy atom. The molecule has 1 amide bonds. The van der Waals surface area contributed by atoms with Crippen molar-refractivity contribution >= 4 is 33.3 Å². The highest BCUT2D eigenvalue weighted by molar-refractivity contribution is 7.13. The average Bonchev–Trinajstić information content (AvgIpc) is 3.19. The molecule has 0 saturated carbocycles. The number of anilines is 1. The molecule has 0 aliphatic rings. The van der Waals surface area contributed by atoms with Gasteiger partial charge in [-0.05, 0) is 24.3 Å². The van der Waals surface area contributed by atoms with E-state index in [1.54, 1.807) is 48.9 Å². The van der Waals surface area contributed by atoms with Gasteiger partial charge in [-0.25, -0.2) is 4.98 Å². The quantitative estimate of drug-likeness (QED) is 0.517. The van der Waals surface area contributed by atoms with Gasteiger partial charge in [0.05, 0.1) is 18.2 Å². The van der Waals surface area contributed by atoms with E-state index in [1.807, 2.05) is 12.1 Å². The molecule has 29 heavy (non-hydrogen) atoms. The van der Waals surface area contributed by atoms with E-state index in [-0.39, 0.29) is 17.8 Å². The van der Waals surface area contributed by atoms with E-state index in [0.717, 1.165) is 0 Å². The molecule has 146 valence electrons.